The summed E-state index contributed by atoms with van der Waals surface area (Å²) in [6.07, 6.45) is 0. The Balaban J connectivity index is 4.10. The molecule has 0 aliphatic rings. The van der Waals surface area contributed by atoms with Gasteiger partial charge in [-0.1, -0.05) is 19.0 Å². The van der Waals surface area contributed by atoms with Crippen LogP contribution in [0.2, 0.25) is 0 Å². The van der Waals surface area contributed by atoms with E-state index in [9.17, 15) is 0 Å². The summed E-state index contributed by atoms with van der Waals surface area (Å²) in [7, 11) is 0. The van der Waals surface area contributed by atoms with Gasteiger partial charge in [0.15, 0.2) is 5.84 Å². The van der Waals surface area contributed by atoms with Crippen molar-refractivity contribution in [2.24, 2.45) is 16.8 Å². The van der Waals surface area contributed by atoms with Gasteiger partial charge >= 0.3 is 0 Å². The largest absolute Gasteiger partial charge is 0.409 e. The van der Waals surface area contributed by atoms with Crippen LogP contribution in [0.1, 0.15) is 27.7 Å². The van der Waals surface area contributed by atoms with E-state index in [1.807, 2.05) is 0 Å². The molecule has 0 bridgehead atoms. The summed E-state index contributed by atoms with van der Waals surface area (Å²) < 4.78 is 0. The number of oxime groups is 1. The first-order valence-corrected chi connectivity index (χ1v) is 4.67. The lowest BCUT2D eigenvalue weighted by molar-refractivity contribution is 0.221. The van der Waals surface area contributed by atoms with Gasteiger partial charge in [-0.05, 0) is 19.8 Å². The molecule has 0 rings (SSSR count). The molecule has 0 saturated carbocycles. The van der Waals surface area contributed by atoms with Crippen LogP contribution in [-0.4, -0.2) is 35.1 Å². The molecule has 0 aromatic carbocycles. The number of rotatable bonds is 5. The van der Waals surface area contributed by atoms with Crippen molar-refractivity contribution in [3.63, 3.8) is 0 Å². The van der Waals surface area contributed by atoms with Crippen LogP contribution in [0.25, 0.3) is 0 Å². The fraction of sp³-hybridized carbons (Fsp3) is 0.889. The Morgan fingerprint density at radius 2 is 1.92 bits per heavy atom. The Kier molecular flexibility index (Phi) is 5.46. The molecule has 0 aliphatic heterocycles. The molecule has 0 spiro atoms. The van der Waals surface area contributed by atoms with E-state index in [1.54, 1.807) is 0 Å². The second kappa shape index (κ2) is 5.80. The second-order valence-corrected chi connectivity index (χ2v) is 4.01. The lowest BCUT2D eigenvalue weighted by atomic mass is 10.2. The molecule has 0 saturated heterocycles. The maximum atomic E-state index is 8.44. The molecule has 0 heterocycles. The van der Waals surface area contributed by atoms with Crippen molar-refractivity contribution in [1.82, 2.24) is 4.90 Å². The van der Waals surface area contributed by atoms with E-state index >= 15 is 0 Å². The molecular formula is C9H21N3O. The zero-order valence-electron chi connectivity index (χ0n) is 8.99. The van der Waals surface area contributed by atoms with Gasteiger partial charge in [0.05, 0.1) is 6.54 Å². The first-order valence-electron chi connectivity index (χ1n) is 4.67. The Morgan fingerprint density at radius 1 is 1.38 bits per heavy atom. The van der Waals surface area contributed by atoms with E-state index < -0.39 is 0 Å². The highest BCUT2D eigenvalue weighted by molar-refractivity contribution is 5.81. The van der Waals surface area contributed by atoms with Crippen LogP contribution in [0.3, 0.4) is 0 Å². The summed E-state index contributed by atoms with van der Waals surface area (Å²) in [5, 5.41) is 11.4. The van der Waals surface area contributed by atoms with Crippen LogP contribution in [0, 0.1) is 5.92 Å². The molecule has 0 aromatic rings. The van der Waals surface area contributed by atoms with Gasteiger partial charge in [-0.25, -0.2) is 0 Å². The molecule has 0 radical (unpaired) electrons. The van der Waals surface area contributed by atoms with Crippen molar-refractivity contribution in [3.8, 4) is 0 Å². The Bertz CT molecular complexity index is 166. The minimum absolute atomic E-state index is 0.273. The third-order valence-corrected chi connectivity index (χ3v) is 1.82. The SMILES string of the molecule is CC(C)CN(CC(N)=NO)C(C)C. The van der Waals surface area contributed by atoms with E-state index in [2.05, 4.69) is 37.8 Å². The summed E-state index contributed by atoms with van der Waals surface area (Å²) in [5.41, 5.74) is 5.45. The van der Waals surface area contributed by atoms with Gasteiger partial charge in [-0.2, -0.15) is 0 Å². The molecule has 13 heavy (non-hydrogen) atoms. The molecule has 4 heteroatoms. The molecule has 0 unspecified atom stereocenters. The van der Waals surface area contributed by atoms with Gasteiger partial charge in [-0.3, -0.25) is 4.90 Å². The predicted molar refractivity (Wildman–Crippen MR) is 55.0 cm³/mol. The number of hydrogen-bond acceptors (Lipinski definition) is 3. The van der Waals surface area contributed by atoms with Crippen LogP contribution in [0.4, 0.5) is 0 Å². The third-order valence-electron chi connectivity index (χ3n) is 1.82. The maximum absolute atomic E-state index is 8.44. The van der Waals surface area contributed by atoms with Gasteiger partial charge in [0, 0.05) is 12.6 Å². The van der Waals surface area contributed by atoms with E-state index in [4.69, 9.17) is 10.9 Å². The monoisotopic (exact) mass is 187 g/mol. The van der Waals surface area contributed by atoms with Crippen molar-refractivity contribution in [2.75, 3.05) is 13.1 Å². The van der Waals surface area contributed by atoms with Crippen molar-refractivity contribution in [3.05, 3.63) is 0 Å². The molecule has 0 aromatic heterocycles. The number of nitrogens with two attached hydrogens (primary N) is 1. The topological polar surface area (TPSA) is 61.8 Å². The summed E-state index contributed by atoms with van der Waals surface area (Å²) >= 11 is 0. The minimum Gasteiger partial charge on any atom is -0.409 e. The van der Waals surface area contributed by atoms with Crippen molar-refractivity contribution in [1.29, 1.82) is 0 Å². The zero-order valence-corrected chi connectivity index (χ0v) is 8.99. The maximum Gasteiger partial charge on any atom is 0.153 e. The predicted octanol–water partition coefficient (Wildman–Crippen LogP) is 1.10. The number of nitrogens with zero attached hydrogens (tertiary/aromatic N) is 2. The van der Waals surface area contributed by atoms with E-state index in [0.29, 0.717) is 18.5 Å². The first kappa shape index (κ1) is 12.2. The summed E-state index contributed by atoms with van der Waals surface area (Å²) in [5.74, 6) is 0.864. The minimum atomic E-state index is 0.273. The number of hydrogen-bond donors (Lipinski definition) is 2. The molecule has 0 fully saturated rings. The van der Waals surface area contributed by atoms with Crippen LogP contribution < -0.4 is 5.73 Å². The molecule has 0 amide bonds. The summed E-state index contributed by atoms with van der Waals surface area (Å²) in [6.45, 7) is 10.0. The van der Waals surface area contributed by atoms with Gasteiger partial charge in [0.25, 0.3) is 0 Å². The van der Waals surface area contributed by atoms with Gasteiger partial charge < -0.3 is 10.9 Å². The molecule has 0 atom stereocenters. The Hall–Kier alpha value is -0.770. The van der Waals surface area contributed by atoms with E-state index in [-0.39, 0.29) is 5.84 Å². The quantitative estimate of drug-likeness (QED) is 0.293. The smallest absolute Gasteiger partial charge is 0.153 e. The zero-order chi connectivity index (χ0) is 10.4. The normalized spacial score (nSPS) is 13.3. The van der Waals surface area contributed by atoms with Crippen molar-refractivity contribution < 1.29 is 5.21 Å². The average Bonchev–Trinajstić information content (AvgIpc) is 2.02. The highest BCUT2D eigenvalue weighted by atomic mass is 16.4. The van der Waals surface area contributed by atoms with Crippen molar-refractivity contribution in [2.45, 2.75) is 33.7 Å². The average molecular weight is 187 g/mol. The van der Waals surface area contributed by atoms with Crippen LogP contribution in [0.15, 0.2) is 5.16 Å². The molecular weight excluding hydrogens is 166 g/mol. The lowest BCUT2D eigenvalue weighted by Gasteiger charge is -2.27. The highest BCUT2D eigenvalue weighted by Gasteiger charge is 2.12. The Morgan fingerprint density at radius 3 is 2.23 bits per heavy atom. The highest BCUT2D eigenvalue weighted by Crippen LogP contribution is 2.03. The Labute approximate surface area is 80.4 Å². The fourth-order valence-electron chi connectivity index (χ4n) is 1.17. The molecule has 78 valence electrons. The van der Waals surface area contributed by atoms with Crippen LogP contribution in [-0.2, 0) is 0 Å². The van der Waals surface area contributed by atoms with Gasteiger partial charge in [0.1, 0.15) is 0 Å². The fourth-order valence-corrected chi connectivity index (χ4v) is 1.17. The van der Waals surface area contributed by atoms with Crippen LogP contribution >= 0.6 is 0 Å². The van der Waals surface area contributed by atoms with Gasteiger partial charge in [0.2, 0.25) is 0 Å². The lowest BCUT2D eigenvalue weighted by Crippen LogP contribution is -2.40. The first-order chi connectivity index (χ1) is 5.97. The van der Waals surface area contributed by atoms with E-state index in [0.717, 1.165) is 6.54 Å². The molecule has 3 N–H and O–H groups in total. The number of amidine groups is 1. The van der Waals surface area contributed by atoms with Crippen molar-refractivity contribution >= 4 is 5.84 Å². The second-order valence-electron chi connectivity index (χ2n) is 4.01. The molecule has 4 nitrogen and oxygen atoms in total. The summed E-state index contributed by atoms with van der Waals surface area (Å²) in [6, 6.07) is 0.419. The van der Waals surface area contributed by atoms with Gasteiger partial charge in [-0.15, -0.1) is 0 Å². The van der Waals surface area contributed by atoms with Crippen LogP contribution in [0.5, 0.6) is 0 Å². The van der Waals surface area contributed by atoms with E-state index in [1.165, 1.54) is 0 Å². The third kappa shape index (κ3) is 5.47. The molecule has 0 aliphatic carbocycles. The standard InChI is InChI=1S/C9H21N3O/c1-7(2)5-12(8(3)4)6-9(10)11-13/h7-8,13H,5-6H2,1-4H3,(H2,10,11). The summed E-state index contributed by atoms with van der Waals surface area (Å²) in [4.78, 5) is 2.18.